The zero-order valence-electron chi connectivity index (χ0n) is 17.2. The predicted octanol–water partition coefficient (Wildman–Crippen LogP) is 1.64. The second-order valence-corrected chi connectivity index (χ2v) is 6.80. The molecule has 0 saturated carbocycles. The van der Waals surface area contributed by atoms with Crippen LogP contribution in [0.4, 0.5) is 11.4 Å². The van der Waals surface area contributed by atoms with E-state index < -0.39 is 34.3 Å². The Labute approximate surface area is 181 Å². The molecule has 0 radical (unpaired) electrons. The monoisotopic (exact) mass is 441 g/mol. The van der Waals surface area contributed by atoms with E-state index in [2.05, 4.69) is 15.0 Å². The Hall–Kier alpha value is -4.35. The molecule has 1 aliphatic heterocycles. The third kappa shape index (κ3) is 4.53. The van der Waals surface area contributed by atoms with Gasteiger partial charge >= 0.3 is 5.97 Å². The maximum absolute atomic E-state index is 13.2. The highest BCUT2D eigenvalue weighted by Gasteiger charge is 2.35. The third-order valence-corrected chi connectivity index (χ3v) is 4.65. The van der Waals surface area contributed by atoms with Crippen molar-refractivity contribution >= 4 is 35.1 Å². The molecule has 32 heavy (non-hydrogen) atoms. The van der Waals surface area contributed by atoms with Gasteiger partial charge in [0.15, 0.2) is 0 Å². The summed E-state index contributed by atoms with van der Waals surface area (Å²) < 4.78 is 4.59. The van der Waals surface area contributed by atoms with Crippen LogP contribution in [0.15, 0.2) is 36.5 Å². The predicted molar refractivity (Wildman–Crippen MR) is 110 cm³/mol. The Morgan fingerprint density at radius 3 is 2.34 bits per heavy atom. The number of amides is 3. The fourth-order valence-corrected chi connectivity index (χ4v) is 3.21. The van der Waals surface area contributed by atoms with Gasteiger partial charge in [0.05, 0.1) is 17.6 Å². The van der Waals surface area contributed by atoms with Crippen molar-refractivity contribution in [1.82, 2.24) is 15.0 Å². The number of hydrazine groups is 1. The smallest absolute Gasteiger partial charge is 0.339 e. The van der Waals surface area contributed by atoms with E-state index in [0.29, 0.717) is 6.42 Å². The average molecular weight is 441 g/mol. The number of nitro groups is 1. The topological polar surface area (TPSA) is 152 Å². The number of rotatable bonds is 5. The molecule has 1 fully saturated rings. The highest BCUT2D eigenvalue weighted by molar-refractivity contribution is 6.02. The molecule has 3 rings (SSSR count). The molecule has 166 valence electrons. The Morgan fingerprint density at radius 2 is 1.78 bits per heavy atom. The van der Waals surface area contributed by atoms with Crippen LogP contribution in [0.25, 0.3) is 0 Å². The summed E-state index contributed by atoms with van der Waals surface area (Å²) in [6.45, 7) is 1.62. The van der Waals surface area contributed by atoms with Gasteiger partial charge in [-0.3, -0.25) is 29.5 Å². The lowest BCUT2D eigenvalue weighted by atomic mass is 10.1. The molecule has 12 heteroatoms. The molecule has 0 bridgehead atoms. The van der Waals surface area contributed by atoms with E-state index in [9.17, 15) is 29.3 Å². The van der Waals surface area contributed by atoms with Crippen LogP contribution in [-0.4, -0.2) is 63.8 Å². The summed E-state index contributed by atoms with van der Waals surface area (Å²) in [5.41, 5.74) is -0.370. The normalized spacial score (nSPS) is 12.9. The van der Waals surface area contributed by atoms with Crippen LogP contribution in [0, 0.1) is 10.1 Å². The number of ether oxygens (including phenoxy) is 1. The molecule has 1 N–H and O–H groups in total. The summed E-state index contributed by atoms with van der Waals surface area (Å²) in [6, 6.07) is 6.33. The second-order valence-electron chi connectivity index (χ2n) is 6.80. The number of benzene rings is 1. The number of nitrogens with zero attached hydrogens (tertiary/aromatic N) is 4. The van der Waals surface area contributed by atoms with Crippen molar-refractivity contribution < 1.29 is 28.8 Å². The number of carbonyl (C=O) groups excluding carboxylic acids is 4. The Morgan fingerprint density at radius 1 is 1.09 bits per heavy atom. The minimum Gasteiger partial charge on any atom is -0.465 e. The van der Waals surface area contributed by atoms with Gasteiger partial charge in [0.1, 0.15) is 11.3 Å². The van der Waals surface area contributed by atoms with Gasteiger partial charge in [0.25, 0.3) is 17.5 Å². The SMILES string of the molecule is COC(=O)c1ccc(C(=O)N2CCCN2C(=O)c2cc(NC(C)=O)ccc2[N+](=O)[O-])nc1. The molecule has 12 nitrogen and oxygen atoms in total. The van der Waals surface area contributed by atoms with E-state index in [1.807, 2.05) is 0 Å². The molecule has 1 aliphatic rings. The van der Waals surface area contributed by atoms with Gasteiger partial charge in [-0.05, 0) is 30.7 Å². The minimum absolute atomic E-state index is 0.0150. The number of anilines is 1. The van der Waals surface area contributed by atoms with Gasteiger partial charge < -0.3 is 10.1 Å². The lowest BCUT2D eigenvalue weighted by Gasteiger charge is -2.27. The molecule has 2 aromatic rings. The Balaban J connectivity index is 1.89. The lowest BCUT2D eigenvalue weighted by Crippen LogP contribution is -2.45. The number of nitrogens with one attached hydrogen (secondary N) is 1. The molecular weight excluding hydrogens is 422 g/mol. The van der Waals surface area contributed by atoms with E-state index in [0.717, 1.165) is 16.1 Å². The van der Waals surface area contributed by atoms with Gasteiger partial charge in [-0.15, -0.1) is 0 Å². The maximum atomic E-state index is 13.2. The fourth-order valence-electron chi connectivity index (χ4n) is 3.21. The molecule has 2 heterocycles. The van der Waals surface area contributed by atoms with Crippen molar-refractivity contribution in [1.29, 1.82) is 0 Å². The van der Waals surface area contributed by atoms with Gasteiger partial charge in [-0.2, -0.15) is 0 Å². The van der Waals surface area contributed by atoms with Crippen molar-refractivity contribution in [2.75, 3.05) is 25.5 Å². The first-order chi connectivity index (χ1) is 15.2. The van der Waals surface area contributed by atoms with Crippen molar-refractivity contribution in [2.45, 2.75) is 13.3 Å². The quantitative estimate of drug-likeness (QED) is 0.418. The van der Waals surface area contributed by atoms with Crippen molar-refractivity contribution in [2.24, 2.45) is 0 Å². The number of aromatic nitrogens is 1. The molecule has 0 atom stereocenters. The van der Waals surface area contributed by atoms with Crippen LogP contribution in [0.2, 0.25) is 0 Å². The summed E-state index contributed by atoms with van der Waals surface area (Å²) in [4.78, 5) is 63.7. The largest absolute Gasteiger partial charge is 0.465 e. The van der Waals surface area contributed by atoms with Crippen molar-refractivity contribution in [3.8, 4) is 0 Å². The lowest BCUT2D eigenvalue weighted by molar-refractivity contribution is -0.385. The van der Waals surface area contributed by atoms with Crippen LogP contribution in [0.3, 0.4) is 0 Å². The number of carbonyl (C=O) groups is 4. The third-order valence-electron chi connectivity index (χ3n) is 4.65. The van der Waals surface area contributed by atoms with Crippen LogP contribution in [0.1, 0.15) is 44.5 Å². The fraction of sp³-hybridized carbons (Fsp3) is 0.250. The highest BCUT2D eigenvalue weighted by atomic mass is 16.6. The molecule has 3 amide bonds. The highest BCUT2D eigenvalue weighted by Crippen LogP contribution is 2.27. The first-order valence-electron chi connectivity index (χ1n) is 9.47. The molecule has 0 spiro atoms. The number of hydrogen-bond acceptors (Lipinski definition) is 8. The van der Waals surface area contributed by atoms with Gasteiger partial charge in [-0.25, -0.2) is 14.8 Å². The number of methoxy groups -OCH3 is 1. The van der Waals surface area contributed by atoms with Gasteiger partial charge in [0.2, 0.25) is 5.91 Å². The summed E-state index contributed by atoms with van der Waals surface area (Å²) in [7, 11) is 1.22. The molecule has 0 aliphatic carbocycles. The number of esters is 1. The Kier molecular flexibility index (Phi) is 6.42. The standard InChI is InChI=1S/C20H19N5O7/c1-12(26)22-14-5-7-17(25(30)31)15(10-14)18(27)23-8-3-9-24(23)19(28)16-6-4-13(11-21-16)20(29)32-2/h4-7,10-11H,3,8-9H2,1-2H3,(H,22,26). The van der Waals surface area contributed by atoms with E-state index in [1.54, 1.807) is 0 Å². The molecular formula is C20H19N5O7. The molecule has 1 aromatic heterocycles. The molecule has 0 unspecified atom stereocenters. The van der Waals surface area contributed by atoms with E-state index in [-0.39, 0.29) is 35.6 Å². The summed E-state index contributed by atoms with van der Waals surface area (Å²) >= 11 is 0. The molecule has 1 aromatic carbocycles. The second kappa shape index (κ2) is 9.20. The van der Waals surface area contributed by atoms with Crippen LogP contribution < -0.4 is 5.32 Å². The van der Waals surface area contributed by atoms with Crippen molar-refractivity contribution in [3.05, 3.63) is 63.5 Å². The number of pyridine rings is 1. The molecule has 1 saturated heterocycles. The van der Waals surface area contributed by atoms with Gasteiger partial charge in [-0.1, -0.05) is 0 Å². The van der Waals surface area contributed by atoms with E-state index in [4.69, 9.17) is 0 Å². The first kappa shape index (κ1) is 22.3. The summed E-state index contributed by atoms with van der Waals surface area (Å²) in [6.07, 6.45) is 1.64. The average Bonchev–Trinajstić information content (AvgIpc) is 3.27. The maximum Gasteiger partial charge on any atom is 0.339 e. The van der Waals surface area contributed by atoms with Crippen LogP contribution in [0.5, 0.6) is 0 Å². The number of nitro benzene ring substituents is 1. The Bertz CT molecular complexity index is 1100. The zero-order valence-corrected chi connectivity index (χ0v) is 17.2. The summed E-state index contributed by atoms with van der Waals surface area (Å²) in [5, 5.41) is 16.2. The summed E-state index contributed by atoms with van der Waals surface area (Å²) in [5.74, 6) is -2.38. The number of hydrogen-bond donors (Lipinski definition) is 1. The minimum atomic E-state index is -0.763. The van der Waals surface area contributed by atoms with Crippen molar-refractivity contribution in [3.63, 3.8) is 0 Å². The van der Waals surface area contributed by atoms with Crippen LogP contribution >= 0.6 is 0 Å². The first-order valence-corrected chi connectivity index (χ1v) is 9.47. The van der Waals surface area contributed by atoms with E-state index >= 15 is 0 Å². The zero-order chi connectivity index (χ0) is 23.4. The van der Waals surface area contributed by atoms with Crippen LogP contribution in [-0.2, 0) is 9.53 Å². The van der Waals surface area contributed by atoms with E-state index in [1.165, 1.54) is 44.5 Å². The van der Waals surface area contributed by atoms with Gasteiger partial charge in [0, 0.05) is 38.0 Å².